The van der Waals surface area contributed by atoms with E-state index < -0.39 is 5.41 Å². The summed E-state index contributed by atoms with van der Waals surface area (Å²) in [6, 6.07) is 63.4. The van der Waals surface area contributed by atoms with Crippen LogP contribution in [0.5, 0.6) is 5.75 Å². The predicted octanol–water partition coefficient (Wildman–Crippen LogP) is 16.6. The van der Waals surface area contributed by atoms with Crippen LogP contribution in [0.4, 0.5) is 0 Å². The van der Waals surface area contributed by atoms with Crippen LogP contribution in [0.1, 0.15) is 77.6 Å². The maximum absolute atomic E-state index is 12.5. The summed E-state index contributed by atoms with van der Waals surface area (Å²) < 4.78 is 8.93. The number of aromatic nitrogens is 3. The van der Waals surface area contributed by atoms with Crippen LogP contribution in [0.25, 0.3) is 94.3 Å². The molecule has 6 heteroatoms. The van der Waals surface area contributed by atoms with Gasteiger partial charge in [0.05, 0.1) is 22.3 Å². The number of benzene rings is 8. The Labute approximate surface area is 418 Å². The molecule has 0 bridgehead atoms. The summed E-state index contributed by atoms with van der Waals surface area (Å²) in [5.41, 5.74) is 14.0. The number of rotatable bonds is 7. The van der Waals surface area contributed by atoms with Gasteiger partial charge in [-0.1, -0.05) is 194 Å². The monoisotopic (exact) mass is 1080 g/mol. The van der Waals surface area contributed by atoms with Crippen LogP contribution in [0.15, 0.2) is 180 Å². The van der Waals surface area contributed by atoms with Crippen LogP contribution in [0, 0.1) is 6.07 Å². The number of hydrogen-bond acceptors (Lipinski definition) is 4. The topological polar surface area (TPSA) is 64.1 Å². The van der Waals surface area contributed by atoms with Crippen molar-refractivity contribution >= 4 is 43.7 Å². The molecule has 3 aromatic heterocycles. The minimum absolute atomic E-state index is 0. The Hall–Kier alpha value is -7.07. The maximum atomic E-state index is 12.5. The first kappa shape index (κ1) is 45.7. The molecule has 0 atom stereocenters. The van der Waals surface area contributed by atoms with Crippen molar-refractivity contribution in [3.05, 3.63) is 204 Å². The van der Waals surface area contributed by atoms with E-state index in [2.05, 4.69) is 230 Å². The second-order valence-corrected chi connectivity index (χ2v) is 20.8. The van der Waals surface area contributed by atoms with Gasteiger partial charge in [0.15, 0.2) is 0 Å². The summed E-state index contributed by atoms with van der Waals surface area (Å²) in [5, 5.41) is 16.8. The van der Waals surface area contributed by atoms with Gasteiger partial charge in [-0.2, -0.15) is 0 Å². The number of para-hydroxylation sites is 2. The quantitative estimate of drug-likeness (QED) is 0.162. The second-order valence-electron chi connectivity index (χ2n) is 20.8. The third-order valence-electron chi connectivity index (χ3n) is 13.8. The molecule has 0 saturated heterocycles. The molecule has 11 rings (SSSR count). The molecule has 344 valence electrons. The van der Waals surface area contributed by atoms with Crippen molar-refractivity contribution in [2.45, 2.75) is 71.6 Å². The summed E-state index contributed by atoms with van der Waals surface area (Å²) in [4.78, 5) is 10.8. The van der Waals surface area contributed by atoms with E-state index in [-0.39, 0.29) is 37.6 Å². The van der Waals surface area contributed by atoms with Crippen molar-refractivity contribution in [1.82, 2.24) is 14.5 Å². The van der Waals surface area contributed by atoms with E-state index in [1.54, 1.807) is 0 Å². The molecule has 0 aliphatic carbocycles. The van der Waals surface area contributed by atoms with Gasteiger partial charge in [-0.05, 0) is 63.2 Å². The van der Waals surface area contributed by atoms with Gasteiger partial charge in [0.1, 0.15) is 22.7 Å². The number of nitrogens with zero attached hydrogens (tertiary/aromatic N) is 3. The molecular weight excluding hydrogens is 1030 g/mol. The molecule has 11 aromatic rings. The Kier molecular flexibility index (Phi) is 11.4. The number of imidazole rings is 1. The maximum Gasteiger partial charge on any atom is 0.148 e. The fraction of sp³-hybridized carbons (Fsp3) is 0.175. The molecule has 8 aromatic carbocycles. The summed E-state index contributed by atoms with van der Waals surface area (Å²) in [6.45, 7) is 17.7. The van der Waals surface area contributed by atoms with Gasteiger partial charge in [-0.15, -0.1) is 29.3 Å². The van der Waals surface area contributed by atoms with Crippen molar-refractivity contribution in [3.8, 4) is 56.3 Å². The molecule has 1 N–H and O–H groups in total. The molecule has 0 unspecified atom stereocenters. The number of phenolic OH excluding ortho intramolecular Hbond substituents is 1. The zero-order chi connectivity index (χ0) is 47.1. The van der Waals surface area contributed by atoms with Crippen LogP contribution in [-0.2, 0) is 37.3 Å². The molecule has 0 fully saturated rings. The minimum atomic E-state index is -0.391. The van der Waals surface area contributed by atoms with Crippen molar-refractivity contribution in [1.29, 1.82) is 0 Å². The smallest absolute Gasteiger partial charge is 0.148 e. The first-order chi connectivity index (χ1) is 32.6. The van der Waals surface area contributed by atoms with Gasteiger partial charge in [0, 0.05) is 65.7 Å². The standard InChI is InChI=1S/C63H54N3O2.Pt/c1-61(2,3)44-35-50(58(67)52(36-44)62(4,5)6)60-65-57-47(27-19-29-55(57)66(60)54-28-18-17-25-46(54)39-20-11-9-12-21-39)41-32-42(34-45(33-41)63(7,8)43-23-13-10-14-24-43)53-37-56-51(38-64-53)49-31-30-40-22-15-16-26-48(40)59(49)68-56;/h9-31,33-38,67H,1-8H3;/q-1;. The Balaban J connectivity index is 0.00000553. The summed E-state index contributed by atoms with van der Waals surface area (Å²) in [6.07, 6.45) is 1.94. The molecule has 0 radical (unpaired) electrons. The van der Waals surface area contributed by atoms with E-state index in [0.717, 1.165) is 99.6 Å². The van der Waals surface area contributed by atoms with Gasteiger partial charge >= 0.3 is 0 Å². The van der Waals surface area contributed by atoms with Crippen LogP contribution < -0.4 is 0 Å². The molecular formula is C63H54N3O2Pt-. The van der Waals surface area contributed by atoms with Crippen LogP contribution >= 0.6 is 0 Å². The van der Waals surface area contributed by atoms with E-state index in [4.69, 9.17) is 14.4 Å². The third kappa shape index (κ3) is 7.97. The molecule has 3 heterocycles. The van der Waals surface area contributed by atoms with E-state index in [9.17, 15) is 5.11 Å². The van der Waals surface area contributed by atoms with E-state index in [0.29, 0.717) is 11.4 Å². The van der Waals surface area contributed by atoms with Crippen molar-refractivity contribution in [2.24, 2.45) is 0 Å². The molecule has 69 heavy (non-hydrogen) atoms. The van der Waals surface area contributed by atoms with Crippen molar-refractivity contribution in [3.63, 3.8) is 0 Å². The third-order valence-corrected chi connectivity index (χ3v) is 13.8. The Morgan fingerprint density at radius 1 is 0.551 bits per heavy atom. The summed E-state index contributed by atoms with van der Waals surface area (Å²) in [7, 11) is 0. The van der Waals surface area contributed by atoms with Crippen molar-refractivity contribution in [2.75, 3.05) is 0 Å². The normalized spacial score (nSPS) is 12.3. The SMILES string of the molecule is CC(C)(C)c1cc(-c2nc3c(-c4[c-]c(-c5cc6oc7c8ccccc8ccc7c6cn5)cc(C(C)(C)c5ccccc5)c4)cccc3n2-c2ccccc2-c2ccccc2)c(O)c(C(C)(C)C)c1.[Pt]. The summed E-state index contributed by atoms with van der Waals surface area (Å²) >= 11 is 0. The zero-order valence-electron chi connectivity index (χ0n) is 40.3. The molecule has 0 aliphatic heterocycles. The van der Waals surface area contributed by atoms with Gasteiger partial charge in [0.25, 0.3) is 0 Å². The van der Waals surface area contributed by atoms with Crippen LogP contribution in [-0.4, -0.2) is 19.6 Å². The van der Waals surface area contributed by atoms with Gasteiger partial charge in [0.2, 0.25) is 0 Å². The molecule has 5 nitrogen and oxygen atoms in total. The first-order valence-corrected chi connectivity index (χ1v) is 23.5. The van der Waals surface area contributed by atoms with E-state index >= 15 is 0 Å². The van der Waals surface area contributed by atoms with Gasteiger partial charge < -0.3 is 9.52 Å². The van der Waals surface area contributed by atoms with E-state index in [1.165, 1.54) is 5.56 Å². The number of hydrogen-bond donors (Lipinski definition) is 1. The molecule has 0 aliphatic rings. The average molecular weight is 1080 g/mol. The Morgan fingerprint density at radius 3 is 1.99 bits per heavy atom. The Morgan fingerprint density at radius 2 is 1.23 bits per heavy atom. The second kappa shape index (κ2) is 17.2. The summed E-state index contributed by atoms with van der Waals surface area (Å²) in [5.74, 6) is 0.900. The first-order valence-electron chi connectivity index (χ1n) is 23.5. The fourth-order valence-electron chi connectivity index (χ4n) is 9.86. The Bertz CT molecular complexity index is 3740. The fourth-order valence-corrected chi connectivity index (χ4v) is 9.86. The van der Waals surface area contributed by atoms with Gasteiger partial charge in [-0.25, -0.2) is 4.98 Å². The number of pyridine rings is 1. The van der Waals surface area contributed by atoms with Crippen LogP contribution in [0.2, 0.25) is 0 Å². The largest absolute Gasteiger partial charge is 0.507 e. The molecule has 0 amide bonds. The number of aromatic hydroxyl groups is 1. The molecule has 0 saturated carbocycles. The predicted molar refractivity (Wildman–Crippen MR) is 282 cm³/mol. The molecule has 0 spiro atoms. The average Bonchev–Trinajstić information content (AvgIpc) is 3.92. The van der Waals surface area contributed by atoms with Crippen molar-refractivity contribution < 1.29 is 30.6 Å². The number of fused-ring (bicyclic) bond motifs is 6. The van der Waals surface area contributed by atoms with Gasteiger partial charge in [-0.3, -0.25) is 9.55 Å². The zero-order valence-corrected chi connectivity index (χ0v) is 42.5. The number of phenols is 1. The minimum Gasteiger partial charge on any atom is -0.507 e. The van der Waals surface area contributed by atoms with Crippen LogP contribution in [0.3, 0.4) is 0 Å². The van der Waals surface area contributed by atoms with E-state index in [1.807, 2.05) is 12.3 Å². The number of furan rings is 1.